The van der Waals surface area contributed by atoms with Gasteiger partial charge in [-0.05, 0) is 32.4 Å². The molecule has 0 atom stereocenters. The fourth-order valence-corrected chi connectivity index (χ4v) is 3.64. The molecule has 0 saturated carbocycles. The maximum atomic E-state index is 5.78. The van der Waals surface area contributed by atoms with E-state index in [4.69, 9.17) is 9.47 Å². The van der Waals surface area contributed by atoms with E-state index in [2.05, 4.69) is 31.0 Å². The first-order chi connectivity index (χ1) is 9.72. The zero-order valence-corrected chi connectivity index (χ0v) is 12.4. The zero-order valence-electron chi connectivity index (χ0n) is 12.4. The van der Waals surface area contributed by atoms with Crippen LogP contribution in [0.3, 0.4) is 0 Å². The molecule has 0 aliphatic carbocycles. The van der Waals surface area contributed by atoms with Gasteiger partial charge in [-0.1, -0.05) is 25.6 Å². The molecule has 1 aromatic rings. The van der Waals surface area contributed by atoms with Crippen molar-refractivity contribution in [3.63, 3.8) is 0 Å². The van der Waals surface area contributed by atoms with Crippen LogP contribution in [0.2, 0.25) is 0 Å². The van der Waals surface area contributed by atoms with Gasteiger partial charge in [-0.25, -0.2) is 0 Å². The number of methoxy groups -OCH3 is 1. The van der Waals surface area contributed by atoms with Gasteiger partial charge in [-0.15, -0.1) is 0 Å². The second-order valence-corrected chi connectivity index (χ2v) is 5.77. The number of nitrogens with one attached hydrogen (secondary N) is 1. The number of fused-ring (bicyclic) bond motifs is 1. The maximum Gasteiger partial charge on any atom is 0.129 e. The van der Waals surface area contributed by atoms with Crippen LogP contribution in [0.25, 0.3) is 5.76 Å². The fourth-order valence-electron chi connectivity index (χ4n) is 3.64. The molecule has 20 heavy (non-hydrogen) atoms. The lowest BCUT2D eigenvalue weighted by molar-refractivity contribution is 0.270. The minimum absolute atomic E-state index is 0.232. The second-order valence-electron chi connectivity index (χ2n) is 5.77. The van der Waals surface area contributed by atoms with Crippen LogP contribution in [-0.4, -0.2) is 20.2 Å². The standard InChI is InChI=1S/C17H23NO2/c1-4-17(7-9-18-10-8-17)15-6-5-13-12(2)20-11-14(13)16(15)19-3/h5-6,18H,2,4,7-11H2,1,3H3. The van der Waals surface area contributed by atoms with Crippen molar-refractivity contribution in [2.45, 2.75) is 38.2 Å². The first-order valence-corrected chi connectivity index (χ1v) is 7.45. The first-order valence-electron chi connectivity index (χ1n) is 7.45. The topological polar surface area (TPSA) is 30.5 Å². The summed E-state index contributed by atoms with van der Waals surface area (Å²) in [6.45, 7) is 9.00. The lowest BCUT2D eigenvalue weighted by atomic mass is 9.70. The van der Waals surface area contributed by atoms with Crippen molar-refractivity contribution in [1.29, 1.82) is 0 Å². The molecule has 2 heterocycles. The summed E-state index contributed by atoms with van der Waals surface area (Å²) >= 11 is 0. The smallest absolute Gasteiger partial charge is 0.129 e. The van der Waals surface area contributed by atoms with Crippen molar-refractivity contribution in [2.75, 3.05) is 20.2 Å². The first kappa shape index (κ1) is 13.5. The summed E-state index contributed by atoms with van der Waals surface area (Å²) in [5.74, 6) is 1.78. The summed E-state index contributed by atoms with van der Waals surface area (Å²) in [5.41, 5.74) is 3.85. The van der Waals surface area contributed by atoms with E-state index in [1.807, 2.05) is 0 Å². The number of hydrogen-bond donors (Lipinski definition) is 1. The van der Waals surface area contributed by atoms with Crippen molar-refractivity contribution < 1.29 is 9.47 Å². The average molecular weight is 273 g/mol. The van der Waals surface area contributed by atoms with E-state index < -0.39 is 0 Å². The summed E-state index contributed by atoms with van der Waals surface area (Å²) in [5, 5.41) is 3.46. The molecule has 3 rings (SSSR count). The molecule has 1 N–H and O–H groups in total. The van der Waals surface area contributed by atoms with Crippen molar-refractivity contribution in [2.24, 2.45) is 0 Å². The van der Waals surface area contributed by atoms with Crippen molar-refractivity contribution >= 4 is 5.76 Å². The molecule has 2 aliphatic heterocycles. The molecular formula is C17H23NO2. The zero-order chi connectivity index (χ0) is 14.2. The van der Waals surface area contributed by atoms with E-state index in [0.717, 1.165) is 36.6 Å². The lowest BCUT2D eigenvalue weighted by Crippen LogP contribution is -2.39. The molecule has 1 saturated heterocycles. The van der Waals surface area contributed by atoms with Gasteiger partial charge in [0.15, 0.2) is 0 Å². The highest BCUT2D eigenvalue weighted by atomic mass is 16.5. The molecule has 3 heteroatoms. The van der Waals surface area contributed by atoms with E-state index in [-0.39, 0.29) is 5.41 Å². The summed E-state index contributed by atoms with van der Waals surface area (Å²) in [4.78, 5) is 0. The van der Waals surface area contributed by atoms with Crippen LogP contribution in [0.15, 0.2) is 18.7 Å². The highest BCUT2D eigenvalue weighted by Gasteiger charge is 2.36. The number of piperidine rings is 1. The quantitative estimate of drug-likeness (QED) is 0.917. The summed E-state index contributed by atoms with van der Waals surface area (Å²) in [6.07, 6.45) is 3.48. The van der Waals surface area contributed by atoms with Gasteiger partial charge in [0.25, 0.3) is 0 Å². The molecule has 0 amide bonds. The van der Waals surface area contributed by atoms with Crippen LogP contribution in [0, 0.1) is 0 Å². The Morgan fingerprint density at radius 1 is 1.35 bits per heavy atom. The molecule has 0 bridgehead atoms. The largest absolute Gasteiger partial charge is 0.496 e. The van der Waals surface area contributed by atoms with Crippen LogP contribution in [0.1, 0.15) is 42.9 Å². The molecule has 1 aromatic carbocycles. The minimum Gasteiger partial charge on any atom is -0.496 e. The molecule has 0 radical (unpaired) electrons. The Labute approximate surface area is 121 Å². The Balaban J connectivity index is 2.11. The predicted octanol–water partition coefficient (Wildman–Crippen LogP) is 3.23. The molecule has 0 spiro atoms. The molecule has 0 aromatic heterocycles. The number of ether oxygens (including phenoxy) is 2. The van der Waals surface area contributed by atoms with Crippen LogP contribution in [0.5, 0.6) is 5.75 Å². The van der Waals surface area contributed by atoms with Crippen molar-refractivity contribution in [3.8, 4) is 5.75 Å². The minimum atomic E-state index is 0.232. The van der Waals surface area contributed by atoms with Gasteiger partial charge in [-0.2, -0.15) is 0 Å². The van der Waals surface area contributed by atoms with Crippen LogP contribution < -0.4 is 10.1 Å². The summed E-state index contributed by atoms with van der Waals surface area (Å²) < 4.78 is 11.4. The van der Waals surface area contributed by atoms with Gasteiger partial charge >= 0.3 is 0 Å². The van der Waals surface area contributed by atoms with Crippen LogP contribution in [-0.2, 0) is 16.8 Å². The Morgan fingerprint density at radius 2 is 2.10 bits per heavy atom. The third-order valence-electron chi connectivity index (χ3n) is 4.96. The third kappa shape index (κ3) is 1.92. The Morgan fingerprint density at radius 3 is 2.75 bits per heavy atom. The highest BCUT2D eigenvalue weighted by molar-refractivity contribution is 5.69. The van der Waals surface area contributed by atoms with Crippen LogP contribution in [0.4, 0.5) is 0 Å². The van der Waals surface area contributed by atoms with E-state index >= 15 is 0 Å². The molecule has 1 fully saturated rings. The average Bonchev–Trinajstić information content (AvgIpc) is 2.88. The van der Waals surface area contributed by atoms with Gasteiger partial charge in [0.05, 0.1) is 7.11 Å². The van der Waals surface area contributed by atoms with Gasteiger partial charge in [-0.3, -0.25) is 0 Å². The van der Waals surface area contributed by atoms with E-state index in [1.165, 1.54) is 24.0 Å². The monoisotopic (exact) mass is 273 g/mol. The van der Waals surface area contributed by atoms with E-state index in [9.17, 15) is 0 Å². The maximum absolute atomic E-state index is 5.78. The normalized spacial score (nSPS) is 20.4. The Bertz CT molecular complexity index is 530. The lowest BCUT2D eigenvalue weighted by Gasteiger charge is -2.38. The molecule has 2 aliphatic rings. The highest BCUT2D eigenvalue weighted by Crippen LogP contribution is 2.46. The van der Waals surface area contributed by atoms with Crippen molar-refractivity contribution in [1.82, 2.24) is 5.32 Å². The summed E-state index contributed by atoms with van der Waals surface area (Å²) in [6, 6.07) is 4.38. The van der Waals surface area contributed by atoms with E-state index in [1.54, 1.807) is 7.11 Å². The van der Waals surface area contributed by atoms with Gasteiger partial charge in [0.1, 0.15) is 18.1 Å². The SMILES string of the molecule is C=C1OCc2c1ccc(C1(CC)CCNCC1)c2OC. The second kappa shape index (κ2) is 5.13. The molecule has 108 valence electrons. The van der Waals surface area contributed by atoms with Gasteiger partial charge in [0.2, 0.25) is 0 Å². The van der Waals surface area contributed by atoms with Gasteiger partial charge < -0.3 is 14.8 Å². The fraction of sp³-hybridized carbons (Fsp3) is 0.529. The van der Waals surface area contributed by atoms with Gasteiger partial charge in [0, 0.05) is 22.1 Å². The number of benzene rings is 1. The van der Waals surface area contributed by atoms with Crippen molar-refractivity contribution in [3.05, 3.63) is 35.4 Å². The number of hydrogen-bond acceptors (Lipinski definition) is 3. The summed E-state index contributed by atoms with van der Waals surface area (Å²) in [7, 11) is 1.77. The molecule has 3 nitrogen and oxygen atoms in total. The number of rotatable bonds is 3. The predicted molar refractivity (Wildman–Crippen MR) is 80.9 cm³/mol. The molecule has 0 unspecified atom stereocenters. The molecular weight excluding hydrogens is 250 g/mol. The Kier molecular flexibility index (Phi) is 3.47. The van der Waals surface area contributed by atoms with Crippen LogP contribution >= 0.6 is 0 Å². The Hall–Kier alpha value is -1.48. The third-order valence-corrected chi connectivity index (χ3v) is 4.96. The van der Waals surface area contributed by atoms with E-state index in [0.29, 0.717) is 6.61 Å².